The smallest absolute Gasteiger partial charge is 0.267 e. The van der Waals surface area contributed by atoms with E-state index in [2.05, 4.69) is 10.6 Å². The van der Waals surface area contributed by atoms with Crippen LogP contribution in [0.3, 0.4) is 0 Å². The lowest BCUT2D eigenvalue weighted by molar-refractivity contribution is -0.122. The van der Waals surface area contributed by atoms with Crippen LogP contribution in [0.1, 0.15) is 25.3 Å². The summed E-state index contributed by atoms with van der Waals surface area (Å²) in [6, 6.07) is 9.39. The van der Waals surface area contributed by atoms with Crippen LogP contribution in [0.15, 0.2) is 36.0 Å². The standard InChI is InChI=1S/C16H20N2O3/c1-12(19)18-15(10-13-6-3-2-4-7-13)16(20)17-11-14-8-5-9-21-14/h2-4,6-7,10,14H,5,8-9,11H2,1H3,(H,17,20)(H,18,19)/t14-/m1/s1. The van der Waals surface area contributed by atoms with Crippen molar-refractivity contribution < 1.29 is 14.3 Å². The third-order valence-electron chi connectivity index (χ3n) is 3.18. The molecule has 1 heterocycles. The lowest BCUT2D eigenvalue weighted by Gasteiger charge is -2.13. The minimum absolute atomic E-state index is 0.0734. The highest BCUT2D eigenvalue weighted by Gasteiger charge is 2.18. The Morgan fingerprint density at radius 2 is 2.10 bits per heavy atom. The SMILES string of the molecule is CC(=O)NC(=Cc1ccccc1)C(=O)NC[C@H]1CCCO1. The Labute approximate surface area is 124 Å². The van der Waals surface area contributed by atoms with Crippen LogP contribution in [0, 0.1) is 0 Å². The van der Waals surface area contributed by atoms with E-state index in [0.29, 0.717) is 6.54 Å². The van der Waals surface area contributed by atoms with Crippen molar-refractivity contribution in [2.45, 2.75) is 25.9 Å². The van der Waals surface area contributed by atoms with E-state index >= 15 is 0 Å². The highest BCUT2D eigenvalue weighted by Crippen LogP contribution is 2.11. The summed E-state index contributed by atoms with van der Waals surface area (Å²) < 4.78 is 5.46. The molecule has 2 rings (SSSR count). The highest BCUT2D eigenvalue weighted by atomic mass is 16.5. The highest BCUT2D eigenvalue weighted by molar-refractivity contribution is 6.00. The van der Waals surface area contributed by atoms with E-state index in [1.165, 1.54) is 6.92 Å². The number of hydrogen-bond acceptors (Lipinski definition) is 3. The van der Waals surface area contributed by atoms with Crippen LogP contribution in [0.5, 0.6) is 0 Å². The van der Waals surface area contributed by atoms with Crippen molar-refractivity contribution >= 4 is 17.9 Å². The molecule has 1 aromatic rings. The third kappa shape index (κ3) is 5.04. The summed E-state index contributed by atoms with van der Waals surface area (Å²) in [4.78, 5) is 23.4. The first-order valence-corrected chi connectivity index (χ1v) is 7.09. The molecule has 5 heteroatoms. The normalized spacial score (nSPS) is 18.3. The Morgan fingerprint density at radius 3 is 2.71 bits per heavy atom. The average molecular weight is 288 g/mol. The molecule has 0 aliphatic carbocycles. The first-order valence-electron chi connectivity index (χ1n) is 7.09. The molecule has 21 heavy (non-hydrogen) atoms. The summed E-state index contributed by atoms with van der Waals surface area (Å²) in [6.45, 7) is 2.59. The Balaban J connectivity index is 2.02. The third-order valence-corrected chi connectivity index (χ3v) is 3.18. The first kappa shape index (κ1) is 15.3. The number of hydrogen-bond donors (Lipinski definition) is 2. The molecule has 0 radical (unpaired) electrons. The number of benzene rings is 1. The summed E-state index contributed by atoms with van der Waals surface area (Å²) in [7, 11) is 0. The average Bonchev–Trinajstić information content (AvgIpc) is 2.98. The minimum Gasteiger partial charge on any atom is -0.376 e. The molecule has 1 atom stereocenters. The second kappa shape index (κ2) is 7.59. The molecular formula is C16H20N2O3. The van der Waals surface area contributed by atoms with Gasteiger partial charge in [0, 0.05) is 20.1 Å². The maximum atomic E-state index is 12.2. The molecule has 1 aliphatic rings. The minimum atomic E-state index is -0.301. The van der Waals surface area contributed by atoms with Crippen LogP contribution in [0.25, 0.3) is 6.08 Å². The van der Waals surface area contributed by atoms with Gasteiger partial charge in [0.05, 0.1) is 6.10 Å². The Morgan fingerprint density at radius 1 is 1.33 bits per heavy atom. The van der Waals surface area contributed by atoms with Crippen LogP contribution in [-0.4, -0.2) is 31.1 Å². The Hall–Kier alpha value is -2.14. The lowest BCUT2D eigenvalue weighted by Crippen LogP contribution is -2.37. The van der Waals surface area contributed by atoms with E-state index < -0.39 is 0 Å². The molecule has 0 spiro atoms. The van der Waals surface area contributed by atoms with Gasteiger partial charge in [0.15, 0.2) is 0 Å². The number of rotatable bonds is 5. The molecule has 2 N–H and O–H groups in total. The summed E-state index contributed by atoms with van der Waals surface area (Å²) in [6.07, 6.45) is 3.72. The van der Waals surface area contributed by atoms with Gasteiger partial charge in [-0.3, -0.25) is 9.59 Å². The summed E-state index contributed by atoms with van der Waals surface area (Å²) in [5.41, 5.74) is 1.10. The van der Waals surface area contributed by atoms with Crippen LogP contribution in [0.4, 0.5) is 0 Å². The van der Waals surface area contributed by atoms with Crippen LogP contribution < -0.4 is 10.6 Å². The van der Waals surface area contributed by atoms with Crippen molar-refractivity contribution in [1.29, 1.82) is 0 Å². The summed E-state index contributed by atoms with van der Waals surface area (Å²) in [5.74, 6) is -0.575. The topological polar surface area (TPSA) is 67.4 Å². The van der Waals surface area contributed by atoms with Gasteiger partial charge < -0.3 is 15.4 Å². The maximum Gasteiger partial charge on any atom is 0.267 e. The predicted molar refractivity (Wildman–Crippen MR) is 80.2 cm³/mol. The van der Waals surface area contributed by atoms with Gasteiger partial charge in [0.1, 0.15) is 5.70 Å². The Kier molecular flexibility index (Phi) is 5.51. The number of ether oxygens (including phenoxy) is 1. The van der Waals surface area contributed by atoms with Crippen molar-refractivity contribution in [3.8, 4) is 0 Å². The molecule has 112 valence electrons. The van der Waals surface area contributed by atoms with Gasteiger partial charge in [-0.25, -0.2) is 0 Å². The fourth-order valence-corrected chi connectivity index (χ4v) is 2.17. The molecule has 2 amide bonds. The fraction of sp³-hybridized carbons (Fsp3) is 0.375. The zero-order valence-corrected chi connectivity index (χ0v) is 12.1. The molecule has 1 fully saturated rings. The van der Waals surface area contributed by atoms with Gasteiger partial charge in [0.25, 0.3) is 5.91 Å². The van der Waals surface area contributed by atoms with Gasteiger partial charge in [-0.15, -0.1) is 0 Å². The van der Waals surface area contributed by atoms with E-state index in [4.69, 9.17) is 4.74 Å². The van der Waals surface area contributed by atoms with Crippen molar-refractivity contribution in [2.75, 3.05) is 13.2 Å². The van der Waals surface area contributed by atoms with Crippen molar-refractivity contribution in [1.82, 2.24) is 10.6 Å². The largest absolute Gasteiger partial charge is 0.376 e. The fourth-order valence-electron chi connectivity index (χ4n) is 2.17. The second-order valence-electron chi connectivity index (χ2n) is 4.99. The molecule has 0 bridgehead atoms. The van der Waals surface area contributed by atoms with Gasteiger partial charge in [-0.2, -0.15) is 0 Å². The molecule has 0 aromatic heterocycles. The molecule has 5 nitrogen and oxygen atoms in total. The summed E-state index contributed by atoms with van der Waals surface area (Å²) >= 11 is 0. The Bertz CT molecular complexity index is 520. The van der Waals surface area contributed by atoms with Crippen LogP contribution in [0.2, 0.25) is 0 Å². The zero-order valence-electron chi connectivity index (χ0n) is 12.1. The molecular weight excluding hydrogens is 268 g/mol. The van der Waals surface area contributed by atoms with E-state index in [-0.39, 0.29) is 23.6 Å². The van der Waals surface area contributed by atoms with E-state index in [0.717, 1.165) is 25.0 Å². The van der Waals surface area contributed by atoms with E-state index in [1.54, 1.807) is 6.08 Å². The lowest BCUT2D eigenvalue weighted by atomic mass is 10.2. The van der Waals surface area contributed by atoms with Gasteiger partial charge >= 0.3 is 0 Å². The first-order chi connectivity index (χ1) is 10.1. The molecule has 0 unspecified atom stereocenters. The number of nitrogens with one attached hydrogen (secondary N) is 2. The van der Waals surface area contributed by atoms with Gasteiger partial charge in [0.2, 0.25) is 5.91 Å². The number of carbonyl (C=O) groups excluding carboxylic acids is 2. The van der Waals surface area contributed by atoms with Crippen molar-refractivity contribution in [3.05, 3.63) is 41.6 Å². The molecule has 1 aromatic carbocycles. The quantitative estimate of drug-likeness (QED) is 0.806. The number of amides is 2. The van der Waals surface area contributed by atoms with E-state index in [1.807, 2.05) is 30.3 Å². The zero-order chi connectivity index (χ0) is 15.1. The van der Waals surface area contributed by atoms with Crippen molar-refractivity contribution in [3.63, 3.8) is 0 Å². The number of carbonyl (C=O) groups is 2. The van der Waals surface area contributed by atoms with Gasteiger partial charge in [-0.05, 0) is 24.5 Å². The monoisotopic (exact) mass is 288 g/mol. The van der Waals surface area contributed by atoms with Crippen LogP contribution in [-0.2, 0) is 14.3 Å². The molecule has 0 saturated carbocycles. The van der Waals surface area contributed by atoms with E-state index in [9.17, 15) is 9.59 Å². The second-order valence-corrected chi connectivity index (χ2v) is 4.99. The summed E-state index contributed by atoms with van der Waals surface area (Å²) in [5, 5.41) is 5.38. The molecule has 1 aliphatic heterocycles. The van der Waals surface area contributed by atoms with Gasteiger partial charge in [-0.1, -0.05) is 30.3 Å². The maximum absolute atomic E-state index is 12.2. The predicted octanol–water partition coefficient (Wildman–Crippen LogP) is 1.46. The molecule has 1 saturated heterocycles. The van der Waals surface area contributed by atoms with Crippen molar-refractivity contribution in [2.24, 2.45) is 0 Å². The van der Waals surface area contributed by atoms with Crippen LogP contribution >= 0.6 is 0 Å².